The topological polar surface area (TPSA) is 39.4 Å². The molecule has 3 rings (SSSR count). The van der Waals surface area contributed by atoms with Crippen LogP contribution in [0.1, 0.15) is 11.4 Å². The Balaban J connectivity index is 1.88. The Morgan fingerprint density at radius 1 is 1.26 bits per heavy atom. The van der Waals surface area contributed by atoms with Gasteiger partial charge in [0.15, 0.2) is 16.1 Å². The number of ether oxygens (including phenoxy) is 1. The lowest BCUT2D eigenvalue weighted by Gasteiger charge is -2.07. The monoisotopic (exact) mass is 317 g/mol. The quantitative estimate of drug-likeness (QED) is 0.743. The van der Waals surface area contributed by atoms with Gasteiger partial charge in [-0.2, -0.15) is 0 Å². The molecule has 5 heteroatoms. The van der Waals surface area contributed by atoms with E-state index in [1.54, 1.807) is 6.20 Å². The molecule has 0 fully saturated rings. The highest BCUT2D eigenvalue weighted by Crippen LogP contribution is 2.20. The molecule has 0 aliphatic rings. The van der Waals surface area contributed by atoms with Crippen LogP contribution in [-0.2, 0) is 6.61 Å². The number of hydrogen-bond donors (Lipinski definition) is 0. The zero-order chi connectivity index (χ0) is 13.2. The van der Waals surface area contributed by atoms with Crippen molar-refractivity contribution in [3.8, 4) is 5.75 Å². The number of imidazole rings is 1. The van der Waals surface area contributed by atoms with E-state index in [-0.39, 0.29) is 0 Å². The molecular weight excluding hydrogens is 306 g/mol. The van der Waals surface area contributed by atoms with Crippen molar-refractivity contribution < 1.29 is 4.74 Å². The first-order chi connectivity index (χ1) is 9.25. The lowest BCUT2D eigenvalue weighted by atomic mass is 10.2. The number of aryl methyl sites for hydroxylation is 1. The summed E-state index contributed by atoms with van der Waals surface area (Å²) in [5.74, 6) is 1.69. The molecule has 0 spiro atoms. The van der Waals surface area contributed by atoms with Crippen molar-refractivity contribution in [2.75, 3.05) is 0 Å². The number of para-hydroxylation sites is 1. The van der Waals surface area contributed by atoms with Gasteiger partial charge in [-0.3, -0.25) is 4.40 Å². The molecule has 0 aliphatic heterocycles. The number of rotatable bonds is 3. The van der Waals surface area contributed by atoms with Crippen molar-refractivity contribution in [2.45, 2.75) is 13.5 Å². The zero-order valence-corrected chi connectivity index (χ0v) is 12.0. The SMILES string of the molecule is Cc1ccccc1OCc1nc(Br)c2ncccn12. The Hall–Kier alpha value is -1.88. The predicted octanol–water partition coefficient (Wildman–Crippen LogP) is 3.38. The third-order valence-corrected chi connectivity index (χ3v) is 3.42. The second-order valence-electron chi connectivity index (χ2n) is 4.19. The van der Waals surface area contributed by atoms with E-state index >= 15 is 0 Å². The molecule has 0 bridgehead atoms. The average Bonchev–Trinajstić information content (AvgIpc) is 2.75. The number of aromatic nitrogens is 3. The van der Waals surface area contributed by atoms with Gasteiger partial charge in [0.05, 0.1) is 0 Å². The van der Waals surface area contributed by atoms with Crippen molar-refractivity contribution >= 4 is 21.6 Å². The van der Waals surface area contributed by atoms with Gasteiger partial charge in [-0.05, 0) is 40.5 Å². The van der Waals surface area contributed by atoms with Crippen LogP contribution in [-0.4, -0.2) is 14.4 Å². The molecule has 4 nitrogen and oxygen atoms in total. The largest absolute Gasteiger partial charge is 0.485 e. The van der Waals surface area contributed by atoms with Crippen molar-refractivity contribution in [1.82, 2.24) is 14.4 Å². The fourth-order valence-corrected chi connectivity index (χ4v) is 2.41. The molecular formula is C14H12BrN3O. The fraction of sp³-hybridized carbons (Fsp3) is 0.143. The number of benzene rings is 1. The van der Waals surface area contributed by atoms with Gasteiger partial charge in [0, 0.05) is 12.4 Å². The molecule has 0 unspecified atom stereocenters. The summed E-state index contributed by atoms with van der Waals surface area (Å²) in [5, 5.41) is 0. The Morgan fingerprint density at radius 2 is 2.11 bits per heavy atom. The molecule has 0 saturated heterocycles. The number of nitrogens with zero attached hydrogens (tertiary/aromatic N) is 3. The zero-order valence-electron chi connectivity index (χ0n) is 10.4. The van der Waals surface area contributed by atoms with Gasteiger partial charge in [0.2, 0.25) is 0 Å². The van der Waals surface area contributed by atoms with E-state index in [2.05, 4.69) is 25.9 Å². The van der Waals surface area contributed by atoms with Crippen molar-refractivity contribution in [2.24, 2.45) is 0 Å². The van der Waals surface area contributed by atoms with Crippen molar-refractivity contribution in [3.63, 3.8) is 0 Å². The smallest absolute Gasteiger partial charge is 0.171 e. The van der Waals surface area contributed by atoms with Gasteiger partial charge in [-0.25, -0.2) is 9.97 Å². The second-order valence-corrected chi connectivity index (χ2v) is 4.94. The van der Waals surface area contributed by atoms with Crippen LogP contribution < -0.4 is 4.74 Å². The third kappa shape index (κ3) is 2.33. The van der Waals surface area contributed by atoms with E-state index in [1.165, 1.54) is 0 Å². The molecule has 2 heterocycles. The highest BCUT2D eigenvalue weighted by Gasteiger charge is 2.10. The molecule has 19 heavy (non-hydrogen) atoms. The van der Waals surface area contributed by atoms with Gasteiger partial charge >= 0.3 is 0 Å². The maximum atomic E-state index is 5.81. The lowest BCUT2D eigenvalue weighted by molar-refractivity contribution is 0.293. The summed E-state index contributed by atoms with van der Waals surface area (Å²) in [4.78, 5) is 8.70. The van der Waals surface area contributed by atoms with E-state index < -0.39 is 0 Å². The van der Waals surface area contributed by atoms with Gasteiger partial charge in [0.25, 0.3) is 0 Å². The van der Waals surface area contributed by atoms with Crippen LogP contribution in [0, 0.1) is 6.92 Å². The molecule has 0 amide bonds. The Morgan fingerprint density at radius 3 is 2.95 bits per heavy atom. The minimum absolute atomic E-state index is 0.406. The third-order valence-electron chi connectivity index (χ3n) is 2.89. The molecule has 1 aromatic carbocycles. The maximum Gasteiger partial charge on any atom is 0.171 e. The van der Waals surface area contributed by atoms with Crippen LogP contribution in [0.15, 0.2) is 47.3 Å². The molecule has 0 atom stereocenters. The first kappa shape index (κ1) is 12.2. The molecule has 0 radical (unpaired) electrons. The van der Waals surface area contributed by atoms with Crippen molar-refractivity contribution in [3.05, 3.63) is 58.7 Å². The standard InChI is InChI=1S/C14H12BrN3O/c1-10-5-2-3-6-11(10)19-9-12-17-13(15)14-16-7-4-8-18(12)14/h2-8H,9H2,1H3. The van der Waals surface area contributed by atoms with Gasteiger partial charge in [-0.1, -0.05) is 18.2 Å². The van der Waals surface area contributed by atoms with Crippen LogP contribution in [0.25, 0.3) is 5.65 Å². The van der Waals surface area contributed by atoms with Crippen LogP contribution in [0.3, 0.4) is 0 Å². The Labute approximate surface area is 119 Å². The van der Waals surface area contributed by atoms with Crippen LogP contribution >= 0.6 is 15.9 Å². The van der Waals surface area contributed by atoms with Crippen LogP contribution in [0.2, 0.25) is 0 Å². The molecule has 0 N–H and O–H groups in total. The summed E-state index contributed by atoms with van der Waals surface area (Å²) in [6.45, 7) is 2.43. The summed E-state index contributed by atoms with van der Waals surface area (Å²) in [7, 11) is 0. The number of hydrogen-bond acceptors (Lipinski definition) is 3. The highest BCUT2D eigenvalue weighted by molar-refractivity contribution is 9.10. The summed E-state index contributed by atoms with van der Waals surface area (Å²) in [5.41, 5.74) is 1.91. The first-order valence-electron chi connectivity index (χ1n) is 5.91. The van der Waals surface area contributed by atoms with E-state index in [0.717, 1.165) is 27.4 Å². The minimum Gasteiger partial charge on any atom is -0.485 e. The van der Waals surface area contributed by atoms with Crippen LogP contribution in [0.5, 0.6) is 5.75 Å². The van der Waals surface area contributed by atoms with E-state index in [9.17, 15) is 0 Å². The number of halogens is 1. The summed E-state index contributed by atoms with van der Waals surface area (Å²) in [6.07, 6.45) is 3.67. The van der Waals surface area contributed by atoms with Crippen LogP contribution in [0.4, 0.5) is 0 Å². The number of fused-ring (bicyclic) bond motifs is 1. The fourth-order valence-electron chi connectivity index (χ4n) is 1.91. The van der Waals surface area contributed by atoms with E-state index in [1.807, 2.05) is 47.9 Å². The summed E-state index contributed by atoms with van der Waals surface area (Å²) in [6, 6.07) is 9.81. The second kappa shape index (κ2) is 5.01. The summed E-state index contributed by atoms with van der Waals surface area (Å²) >= 11 is 3.41. The Kier molecular flexibility index (Phi) is 3.21. The molecule has 0 saturated carbocycles. The van der Waals surface area contributed by atoms with Gasteiger partial charge < -0.3 is 4.74 Å². The van der Waals surface area contributed by atoms with E-state index in [0.29, 0.717) is 6.61 Å². The van der Waals surface area contributed by atoms with E-state index in [4.69, 9.17) is 4.74 Å². The Bertz CT molecular complexity index is 724. The molecule has 96 valence electrons. The normalized spacial score (nSPS) is 10.8. The van der Waals surface area contributed by atoms with Gasteiger partial charge in [-0.15, -0.1) is 0 Å². The maximum absolute atomic E-state index is 5.81. The predicted molar refractivity (Wildman–Crippen MR) is 76.2 cm³/mol. The minimum atomic E-state index is 0.406. The highest BCUT2D eigenvalue weighted by atomic mass is 79.9. The lowest BCUT2D eigenvalue weighted by Crippen LogP contribution is -2.02. The molecule has 0 aliphatic carbocycles. The molecule has 2 aromatic heterocycles. The first-order valence-corrected chi connectivity index (χ1v) is 6.71. The van der Waals surface area contributed by atoms with Gasteiger partial charge in [0.1, 0.15) is 12.4 Å². The average molecular weight is 318 g/mol. The van der Waals surface area contributed by atoms with Crippen molar-refractivity contribution in [1.29, 1.82) is 0 Å². The summed E-state index contributed by atoms with van der Waals surface area (Å²) < 4.78 is 8.46. The molecule has 3 aromatic rings.